The smallest absolute Gasteiger partial charge is 0.329 e. The van der Waals surface area contributed by atoms with Crippen molar-refractivity contribution in [1.29, 1.82) is 0 Å². The second-order valence-corrected chi connectivity index (χ2v) is 19.9. The van der Waals surface area contributed by atoms with Gasteiger partial charge in [0.05, 0.1) is 19.8 Å². The maximum atomic E-state index is 13.5. The molecule has 1 aromatic heterocycles. The summed E-state index contributed by atoms with van der Waals surface area (Å²) < 4.78 is 45.8. The van der Waals surface area contributed by atoms with Crippen molar-refractivity contribution in [2.75, 3.05) is 51.3 Å². The third-order valence-corrected chi connectivity index (χ3v) is 14.9. The van der Waals surface area contributed by atoms with Gasteiger partial charge < -0.3 is 30.0 Å². The molecule has 0 bridgehead atoms. The molecule has 8 rings (SSSR count). The summed E-state index contributed by atoms with van der Waals surface area (Å²) in [5.74, 6) is -0.129. The molecule has 1 unspecified atom stereocenters. The molecule has 0 radical (unpaired) electrons. The van der Waals surface area contributed by atoms with Gasteiger partial charge in [0.2, 0.25) is 5.91 Å². The summed E-state index contributed by atoms with van der Waals surface area (Å²) in [4.78, 5) is 32.3. The Kier molecular flexibility index (Phi) is 15.1. The molecule has 66 heavy (non-hydrogen) atoms. The number of pyridine rings is 1. The number of rotatable bonds is 20. The maximum Gasteiger partial charge on any atom is 0.329 e. The summed E-state index contributed by atoms with van der Waals surface area (Å²) in [6.45, 7) is 6.96. The number of ether oxygens (including phenoxy) is 3. The molecule has 13 heteroatoms. The molecule has 4 aliphatic rings. The zero-order chi connectivity index (χ0) is 46.3. The Labute approximate surface area is 393 Å². The highest BCUT2D eigenvalue weighted by atomic mass is 35.5. The lowest BCUT2D eigenvalue weighted by Gasteiger charge is -2.47. The van der Waals surface area contributed by atoms with E-state index >= 15 is 0 Å². The number of carbonyl (C=O) groups is 2. The van der Waals surface area contributed by atoms with E-state index in [0.717, 1.165) is 54.9 Å². The molecule has 1 amide bonds. The van der Waals surface area contributed by atoms with Crippen molar-refractivity contribution in [3.05, 3.63) is 112 Å². The molecule has 354 valence electrons. The van der Waals surface area contributed by atoms with Crippen molar-refractivity contribution in [3.63, 3.8) is 0 Å². The Balaban J connectivity index is 0.864. The number of benzene rings is 3. The topological polar surface area (TPSA) is 122 Å². The van der Waals surface area contributed by atoms with Gasteiger partial charge in [-0.2, -0.15) is 0 Å². The SMILES string of the molecule is C[C@@H](COc1ccnc2c1[C@H](C)CCC2)CC1Cc2ccc(OCCCC(=O)NCCc3cccc(OCCN4CCC(F)(F)C4)c3)cc2C12CCC(Nc1cccc(Cl)c1)(C(=O)O)CC2. The van der Waals surface area contributed by atoms with E-state index in [1.54, 1.807) is 17.0 Å². The van der Waals surface area contributed by atoms with E-state index in [9.17, 15) is 23.5 Å². The molecule has 10 nitrogen and oxygen atoms in total. The van der Waals surface area contributed by atoms with Gasteiger partial charge >= 0.3 is 5.97 Å². The van der Waals surface area contributed by atoms with E-state index in [2.05, 4.69) is 41.6 Å². The van der Waals surface area contributed by atoms with Gasteiger partial charge in [-0.3, -0.25) is 14.7 Å². The molecule has 2 fully saturated rings. The van der Waals surface area contributed by atoms with Gasteiger partial charge in [-0.1, -0.05) is 49.7 Å². The van der Waals surface area contributed by atoms with E-state index in [1.807, 2.05) is 54.7 Å². The number of carboxylic acid groups (broad SMARTS) is 1. The van der Waals surface area contributed by atoms with Crippen LogP contribution >= 0.6 is 11.6 Å². The molecule has 2 heterocycles. The number of carbonyl (C=O) groups excluding carboxylic acids is 1. The van der Waals surface area contributed by atoms with Crippen LogP contribution < -0.4 is 24.8 Å². The van der Waals surface area contributed by atoms with Crippen LogP contribution in [0.2, 0.25) is 5.02 Å². The Morgan fingerprint density at radius 1 is 0.970 bits per heavy atom. The normalized spacial score (nSPS) is 23.7. The average molecular weight is 928 g/mol. The van der Waals surface area contributed by atoms with Crippen LogP contribution in [0.3, 0.4) is 0 Å². The Hall–Kier alpha value is -4.94. The number of nitrogens with one attached hydrogen (secondary N) is 2. The van der Waals surface area contributed by atoms with Crippen molar-refractivity contribution in [1.82, 2.24) is 15.2 Å². The molecule has 3 N–H and O–H groups in total. The van der Waals surface area contributed by atoms with Gasteiger partial charge in [0.25, 0.3) is 5.92 Å². The van der Waals surface area contributed by atoms with E-state index in [1.165, 1.54) is 16.7 Å². The van der Waals surface area contributed by atoms with E-state index in [0.29, 0.717) is 113 Å². The van der Waals surface area contributed by atoms with Crippen LogP contribution in [0.5, 0.6) is 17.2 Å². The van der Waals surface area contributed by atoms with E-state index in [-0.39, 0.29) is 30.2 Å². The second kappa shape index (κ2) is 20.9. The van der Waals surface area contributed by atoms with Gasteiger partial charge in [-0.05, 0) is 159 Å². The number of carboxylic acids is 1. The van der Waals surface area contributed by atoms with Crippen LogP contribution in [0.4, 0.5) is 14.5 Å². The van der Waals surface area contributed by atoms with Crippen molar-refractivity contribution >= 4 is 29.2 Å². The number of anilines is 1. The van der Waals surface area contributed by atoms with Crippen LogP contribution in [0.25, 0.3) is 0 Å². The highest BCUT2D eigenvalue weighted by Gasteiger charge is 2.54. The first-order valence-corrected chi connectivity index (χ1v) is 24.4. The molecule has 4 aromatic rings. The van der Waals surface area contributed by atoms with Crippen LogP contribution in [0.15, 0.2) is 79.0 Å². The number of hydrogen-bond acceptors (Lipinski definition) is 8. The minimum absolute atomic E-state index is 0.0453. The summed E-state index contributed by atoms with van der Waals surface area (Å²) in [5.41, 5.74) is 5.32. The number of alkyl halides is 2. The summed E-state index contributed by atoms with van der Waals surface area (Å²) in [5, 5.41) is 17.7. The lowest BCUT2D eigenvalue weighted by atomic mass is 9.59. The summed E-state index contributed by atoms with van der Waals surface area (Å²) in [7, 11) is 0. The second-order valence-electron chi connectivity index (χ2n) is 19.4. The molecule has 3 aliphatic carbocycles. The number of halogens is 3. The quantitative estimate of drug-likeness (QED) is 0.0744. The van der Waals surface area contributed by atoms with Crippen LogP contribution in [0.1, 0.15) is 112 Å². The largest absolute Gasteiger partial charge is 0.494 e. The summed E-state index contributed by atoms with van der Waals surface area (Å²) in [6.07, 6.45) is 10.8. The molecule has 1 saturated carbocycles. The van der Waals surface area contributed by atoms with E-state index < -0.39 is 17.4 Å². The zero-order valence-corrected chi connectivity index (χ0v) is 39.2. The Morgan fingerprint density at radius 3 is 2.56 bits per heavy atom. The number of likely N-dealkylation sites (tertiary alicyclic amines) is 1. The Bertz CT molecular complexity index is 2320. The average Bonchev–Trinajstić information content (AvgIpc) is 3.79. The van der Waals surface area contributed by atoms with Crippen molar-refractivity contribution in [2.45, 2.75) is 120 Å². The number of nitrogens with zero attached hydrogens (tertiary/aromatic N) is 2. The van der Waals surface area contributed by atoms with Crippen LogP contribution in [-0.4, -0.2) is 84.3 Å². The fraction of sp³-hybridized carbons (Fsp3) is 0.528. The molecule has 3 atom stereocenters. The van der Waals surface area contributed by atoms with Crippen LogP contribution in [0, 0.1) is 11.8 Å². The lowest BCUT2D eigenvalue weighted by molar-refractivity contribution is -0.144. The molecule has 1 saturated heterocycles. The fourth-order valence-electron chi connectivity index (χ4n) is 11.1. The van der Waals surface area contributed by atoms with Gasteiger partial charge in [0.1, 0.15) is 29.4 Å². The van der Waals surface area contributed by atoms with Gasteiger partial charge in [-0.25, -0.2) is 13.6 Å². The van der Waals surface area contributed by atoms with Crippen molar-refractivity contribution < 1.29 is 37.7 Å². The number of aromatic nitrogens is 1. The lowest BCUT2D eigenvalue weighted by Crippen LogP contribution is -2.53. The molecule has 1 aliphatic heterocycles. The molecule has 1 spiro atoms. The van der Waals surface area contributed by atoms with Crippen LogP contribution in [-0.2, 0) is 34.3 Å². The van der Waals surface area contributed by atoms with Crippen molar-refractivity contribution in [2.24, 2.45) is 11.8 Å². The highest BCUT2D eigenvalue weighted by molar-refractivity contribution is 6.30. The molecule has 3 aromatic carbocycles. The number of amides is 1. The first-order chi connectivity index (χ1) is 31.8. The highest BCUT2D eigenvalue weighted by Crippen LogP contribution is 2.57. The number of hydrogen-bond donors (Lipinski definition) is 3. The minimum Gasteiger partial charge on any atom is -0.494 e. The zero-order valence-electron chi connectivity index (χ0n) is 38.4. The minimum atomic E-state index is -2.61. The third kappa shape index (κ3) is 11.4. The first-order valence-electron chi connectivity index (χ1n) is 24.0. The molecular weight excluding hydrogens is 862 g/mol. The standard InChI is InChI=1S/C53H65ClF2N4O6/c1-36(34-66-47-17-24-57-46-12-3-7-37(2)49(46)47)29-40-31-39-14-15-44(33-45(39)51(40)18-20-52(21-19-51,50(62)63)59-42-10-5-9-41(54)32-42)64-27-6-13-48(61)58-23-16-38-8-4-11-43(30-38)65-28-26-60-25-22-53(55,56)35-60/h4-5,8-11,14-15,17,24,30,32-33,36-37,40,59H,3,6-7,12-13,16,18-23,25-29,31,34-35H2,1-2H3,(H,58,61)(H,62,63)/t36-,37-,40?,51?,52?/m1/s1. The summed E-state index contributed by atoms with van der Waals surface area (Å²) in [6, 6.07) is 23.4. The fourth-order valence-corrected chi connectivity index (χ4v) is 11.3. The first kappa shape index (κ1) is 47.5. The van der Waals surface area contributed by atoms with E-state index in [4.69, 9.17) is 25.8 Å². The number of fused-ring (bicyclic) bond motifs is 3. The molecular formula is C53H65ClF2N4O6. The third-order valence-electron chi connectivity index (χ3n) is 14.6. The monoisotopic (exact) mass is 926 g/mol. The predicted octanol–water partition coefficient (Wildman–Crippen LogP) is 10.4. The van der Waals surface area contributed by atoms with Crippen molar-refractivity contribution in [3.8, 4) is 17.2 Å². The predicted molar refractivity (Wildman–Crippen MR) is 253 cm³/mol. The Morgan fingerprint density at radius 2 is 1.77 bits per heavy atom. The van der Waals surface area contributed by atoms with Gasteiger partial charge in [-0.15, -0.1) is 0 Å². The number of aliphatic carboxylic acids is 1. The van der Waals surface area contributed by atoms with Gasteiger partial charge in [0.15, 0.2) is 0 Å². The van der Waals surface area contributed by atoms with Gasteiger partial charge in [0, 0.05) is 60.6 Å². The summed E-state index contributed by atoms with van der Waals surface area (Å²) >= 11 is 6.32. The maximum absolute atomic E-state index is 13.5. The number of aryl methyl sites for hydroxylation is 1.